The number of carbonyl (C=O) groups is 2. The van der Waals surface area contributed by atoms with Gasteiger partial charge >= 0.3 is 6.09 Å². The lowest BCUT2D eigenvalue weighted by Crippen LogP contribution is -2.53. The molecule has 1 heterocycles. The lowest BCUT2D eigenvalue weighted by Gasteiger charge is -2.38. The molecule has 0 spiro atoms. The molecule has 1 N–H and O–H groups in total. The van der Waals surface area contributed by atoms with E-state index in [4.69, 9.17) is 4.74 Å². The number of piperidine rings is 1. The molecule has 2 atom stereocenters. The second-order valence-electron chi connectivity index (χ2n) is 9.36. The van der Waals surface area contributed by atoms with Crippen LogP contribution in [0.15, 0.2) is 24.3 Å². The summed E-state index contributed by atoms with van der Waals surface area (Å²) in [6.45, 7) is 8.79. The summed E-state index contributed by atoms with van der Waals surface area (Å²) in [5, 5.41) is 3.22. The van der Waals surface area contributed by atoms with Crippen molar-refractivity contribution in [1.82, 2.24) is 10.2 Å². The lowest BCUT2D eigenvalue weighted by atomic mass is 9.91. The second kappa shape index (κ2) is 7.72. The monoisotopic (exact) mass is 390 g/mol. The van der Waals surface area contributed by atoms with Crippen LogP contribution < -0.4 is 5.32 Å². The fourth-order valence-corrected chi connectivity index (χ4v) is 3.80. The van der Waals surface area contributed by atoms with Gasteiger partial charge in [0, 0.05) is 19.1 Å². The van der Waals surface area contributed by atoms with E-state index in [9.17, 15) is 14.0 Å². The highest BCUT2D eigenvalue weighted by molar-refractivity contribution is 5.86. The minimum Gasteiger partial charge on any atom is -0.444 e. The number of benzene rings is 1. The van der Waals surface area contributed by atoms with E-state index in [1.54, 1.807) is 17.0 Å². The minimum absolute atomic E-state index is 0.0527. The molecule has 1 saturated heterocycles. The van der Waals surface area contributed by atoms with Crippen molar-refractivity contribution in [2.75, 3.05) is 13.1 Å². The first-order valence-electron chi connectivity index (χ1n) is 10.1. The third kappa shape index (κ3) is 5.03. The molecule has 6 heteroatoms. The SMILES string of the molecule is C[C@H]1CN(C(=O)OC(C)(C)C)CC[C@@H]1NC(=O)C1(Cc2ccc(F)cc2)CC1. The zero-order chi connectivity index (χ0) is 20.5. The first kappa shape index (κ1) is 20.6. The Labute approximate surface area is 166 Å². The lowest BCUT2D eigenvalue weighted by molar-refractivity contribution is -0.127. The number of amides is 2. The van der Waals surface area contributed by atoms with Crippen LogP contribution >= 0.6 is 0 Å². The summed E-state index contributed by atoms with van der Waals surface area (Å²) in [5.41, 5.74) is 0.117. The summed E-state index contributed by atoms with van der Waals surface area (Å²) >= 11 is 0. The standard InChI is InChI=1S/C22H31FN2O3/c1-15-14-25(20(27)28-21(2,3)4)12-9-18(15)24-19(26)22(10-11-22)13-16-5-7-17(23)8-6-16/h5-8,15,18H,9-14H2,1-4H3,(H,24,26)/t15-,18-/m0/s1. The highest BCUT2D eigenvalue weighted by Gasteiger charge is 2.50. The van der Waals surface area contributed by atoms with Gasteiger partial charge in [-0.2, -0.15) is 0 Å². The maximum atomic E-state index is 13.1. The fraction of sp³-hybridized carbons (Fsp3) is 0.636. The molecule has 2 aliphatic rings. The molecule has 1 aromatic rings. The van der Waals surface area contributed by atoms with Gasteiger partial charge in [-0.15, -0.1) is 0 Å². The summed E-state index contributed by atoms with van der Waals surface area (Å²) in [6, 6.07) is 6.45. The molecule has 1 aliphatic heterocycles. The molecule has 0 aromatic heterocycles. The number of rotatable bonds is 4. The molecule has 0 unspecified atom stereocenters. The molecule has 1 aromatic carbocycles. The molecule has 28 heavy (non-hydrogen) atoms. The van der Waals surface area contributed by atoms with Crippen molar-refractivity contribution in [3.05, 3.63) is 35.6 Å². The van der Waals surface area contributed by atoms with Crippen LogP contribution in [0.4, 0.5) is 9.18 Å². The van der Waals surface area contributed by atoms with Gasteiger partial charge in [0.2, 0.25) is 5.91 Å². The van der Waals surface area contributed by atoms with E-state index in [0.29, 0.717) is 19.5 Å². The number of nitrogens with one attached hydrogen (secondary N) is 1. The molecule has 2 fully saturated rings. The molecule has 1 aliphatic carbocycles. The molecule has 3 rings (SSSR count). The van der Waals surface area contributed by atoms with Crippen LogP contribution in [0.1, 0.15) is 52.5 Å². The van der Waals surface area contributed by atoms with Gasteiger partial charge in [-0.25, -0.2) is 9.18 Å². The highest BCUT2D eigenvalue weighted by atomic mass is 19.1. The van der Waals surface area contributed by atoms with Crippen molar-refractivity contribution in [1.29, 1.82) is 0 Å². The van der Waals surface area contributed by atoms with Crippen LogP contribution in [0.2, 0.25) is 0 Å². The first-order valence-corrected chi connectivity index (χ1v) is 10.1. The summed E-state index contributed by atoms with van der Waals surface area (Å²) in [6.07, 6.45) is 2.80. The maximum Gasteiger partial charge on any atom is 0.410 e. The Bertz CT molecular complexity index is 722. The molecule has 2 amide bonds. The Morgan fingerprint density at radius 3 is 2.43 bits per heavy atom. The van der Waals surface area contributed by atoms with Gasteiger partial charge in [-0.3, -0.25) is 4.79 Å². The summed E-state index contributed by atoms with van der Waals surface area (Å²) in [7, 11) is 0. The average Bonchev–Trinajstić information content (AvgIpc) is 3.38. The molecular formula is C22H31FN2O3. The van der Waals surface area contributed by atoms with Gasteiger partial charge in [-0.1, -0.05) is 19.1 Å². The smallest absolute Gasteiger partial charge is 0.410 e. The quantitative estimate of drug-likeness (QED) is 0.848. The van der Waals surface area contributed by atoms with Gasteiger partial charge in [0.1, 0.15) is 11.4 Å². The van der Waals surface area contributed by atoms with E-state index < -0.39 is 5.60 Å². The number of carbonyl (C=O) groups excluding carboxylic acids is 2. The number of halogens is 1. The van der Waals surface area contributed by atoms with Crippen molar-refractivity contribution in [3.63, 3.8) is 0 Å². The zero-order valence-corrected chi connectivity index (χ0v) is 17.3. The van der Waals surface area contributed by atoms with Crippen molar-refractivity contribution in [2.24, 2.45) is 11.3 Å². The molecular weight excluding hydrogens is 359 g/mol. The third-order valence-electron chi connectivity index (χ3n) is 5.66. The van der Waals surface area contributed by atoms with Gasteiger partial charge < -0.3 is 15.0 Å². The summed E-state index contributed by atoms with van der Waals surface area (Å²) < 4.78 is 18.6. The molecule has 1 saturated carbocycles. The predicted octanol–water partition coefficient (Wildman–Crippen LogP) is 3.91. The Hall–Kier alpha value is -2.11. The van der Waals surface area contributed by atoms with Crippen molar-refractivity contribution in [3.8, 4) is 0 Å². The number of hydrogen-bond donors (Lipinski definition) is 1. The van der Waals surface area contributed by atoms with E-state index >= 15 is 0 Å². The Morgan fingerprint density at radius 2 is 1.89 bits per heavy atom. The van der Waals surface area contributed by atoms with Crippen LogP contribution in [0, 0.1) is 17.2 Å². The van der Waals surface area contributed by atoms with Gasteiger partial charge in [0.05, 0.1) is 5.41 Å². The molecule has 5 nitrogen and oxygen atoms in total. The van der Waals surface area contributed by atoms with E-state index in [1.807, 2.05) is 20.8 Å². The predicted molar refractivity (Wildman–Crippen MR) is 105 cm³/mol. The second-order valence-corrected chi connectivity index (χ2v) is 9.36. The molecule has 0 radical (unpaired) electrons. The van der Waals surface area contributed by atoms with Crippen LogP contribution in [-0.2, 0) is 16.0 Å². The van der Waals surface area contributed by atoms with E-state index in [2.05, 4.69) is 12.2 Å². The number of nitrogens with zero attached hydrogens (tertiary/aromatic N) is 1. The summed E-state index contributed by atoms with van der Waals surface area (Å²) in [5.74, 6) is -0.0187. The summed E-state index contributed by atoms with van der Waals surface area (Å²) in [4.78, 5) is 26.9. The van der Waals surface area contributed by atoms with E-state index in [0.717, 1.165) is 24.8 Å². The minimum atomic E-state index is -0.510. The van der Waals surface area contributed by atoms with E-state index in [1.165, 1.54) is 12.1 Å². The number of likely N-dealkylation sites (tertiary alicyclic amines) is 1. The van der Waals surface area contributed by atoms with Crippen LogP contribution in [0.5, 0.6) is 0 Å². The van der Waals surface area contributed by atoms with Crippen LogP contribution in [-0.4, -0.2) is 41.6 Å². The van der Waals surface area contributed by atoms with Crippen molar-refractivity contribution >= 4 is 12.0 Å². The molecule has 154 valence electrons. The van der Waals surface area contributed by atoms with Gasteiger partial charge in [0.25, 0.3) is 0 Å². The van der Waals surface area contributed by atoms with Crippen LogP contribution in [0.25, 0.3) is 0 Å². The topological polar surface area (TPSA) is 58.6 Å². The van der Waals surface area contributed by atoms with Gasteiger partial charge in [-0.05, 0) is 70.1 Å². The third-order valence-corrected chi connectivity index (χ3v) is 5.66. The normalized spacial score (nSPS) is 23.8. The number of ether oxygens (including phenoxy) is 1. The highest BCUT2D eigenvalue weighted by Crippen LogP contribution is 2.49. The maximum absolute atomic E-state index is 13.1. The first-order chi connectivity index (χ1) is 13.1. The average molecular weight is 390 g/mol. The van der Waals surface area contributed by atoms with E-state index in [-0.39, 0.29) is 35.2 Å². The van der Waals surface area contributed by atoms with Gasteiger partial charge in [0.15, 0.2) is 0 Å². The zero-order valence-electron chi connectivity index (χ0n) is 17.3. The number of hydrogen-bond acceptors (Lipinski definition) is 3. The molecule has 0 bridgehead atoms. The fourth-order valence-electron chi connectivity index (χ4n) is 3.80. The Balaban J connectivity index is 1.53. The Kier molecular flexibility index (Phi) is 5.69. The largest absolute Gasteiger partial charge is 0.444 e. The van der Waals surface area contributed by atoms with Crippen molar-refractivity contribution < 1.29 is 18.7 Å². The Morgan fingerprint density at radius 1 is 1.25 bits per heavy atom. The van der Waals surface area contributed by atoms with Crippen LogP contribution in [0.3, 0.4) is 0 Å². The van der Waals surface area contributed by atoms with Crippen molar-refractivity contribution in [2.45, 2.75) is 65.0 Å².